The smallest absolute Gasteiger partial charge is 0.326 e. The van der Waals surface area contributed by atoms with E-state index in [9.17, 15) is 9.59 Å². The molecule has 3 aromatic carbocycles. The zero-order valence-electron chi connectivity index (χ0n) is 20.0. The number of hydrogen-bond acceptors (Lipinski definition) is 7. The van der Waals surface area contributed by atoms with Crippen molar-refractivity contribution < 1.29 is 28.2 Å². The number of rotatable bonds is 7. The fourth-order valence-corrected chi connectivity index (χ4v) is 4.18. The van der Waals surface area contributed by atoms with Gasteiger partial charge in [0.1, 0.15) is 17.3 Å². The molecule has 0 spiro atoms. The van der Waals surface area contributed by atoms with E-state index in [0.29, 0.717) is 30.4 Å². The van der Waals surface area contributed by atoms with Gasteiger partial charge in [-0.3, -0.25) is 9.59 Å². The second-order valence-corrected chi connectivity index (χ2v) is 8.53. The molecule has 36 heavy (non-hydrogen) atoms. The number of benzene rings is 3. The number of hydrogen-bond donors (Lipinski definition) is 0. The van der Waals surface area contributed by atoms with Gasteiger partial charge in [-0.25, -0.2) is 4.98 Å². The molecule has 7 nitrogen and oxygen atoms in total. The van der Waals surface area contributed by atoms with Gasteiger partial charge in [0.2, 0.25) is 5.89 Å². The number of methoxy groups -OCH3 is 1. The summed E-state index contributed by atoms with van der Waals surface area (Å²) >= 11 is 0. The minimum absolute atomic E-state index is 0.244. The van der Waals surface area contributed by atoms with Crippen molar-refractivity contribution in [1.82, 2.24) is 4.98 Å². The van der Waals surface area contributed by atoms with Gasteiger partial charge in [-0.05, 0) is 41.8 Å². The van der Waals surface area contributed by atoms with Crippen molar-refractivity contribution in [2.24, 2.45) is 5.92 Å². The molecule has 0 N–H and O–H groups in total. The maximum atomic E-state index is 12.1. The first-order chi connectivity index (χ1) is 17.5. The Hall–Kier alpha value is -4.39. The number of carbonyl (C=O) groups excluding carboxylic acids is 2. The number of ether oxygens (including phenoxy) is 3. The van der Waals surface area contributed by atoms with Crippen molar-refractivity contribution >= 4 is 11.9 Å². The number of esters is 2. The van der Waals surface area contributed by atoms with Crippen LogP contribution in [0.4, 0.5) is 0 Å². The Morgan fingerprint density at radius 3 is 2.47 bits per heavy atom. The predicted molar refractivity (Wildman–Crippen MR) is 133 cm³/mol. The lowest BCUT2D eigenvalue weighted by Gasteiger charge is -2.22. The van der Waals surface area contributed by atoms with Gasteiger partial charge in [-0.15, -0.1) is 0 Å². The molecule has 0 radical (unpaired) electrons. The van der Waals surface area contributed by atoms with Crippen molar-refractivity contribution in [3.63, 3.8) is 0 Å². The molecule has 0 saturated carbocycles. The zero-order valence-corrected chi connectivity index (χ0v) is 20.0. The highest BCUT2D eigenvalue weighted by molar-refractivity contribution is 5.97. The molecular weight excluding hydrogens is 458 g/mol. The first-order valence-electron chi connectivity index (χ1n) is 11.7. The first-order valence-corrected chi connectivity index (χ1v) is 11.7. The van der Waals surface area contributed by atoms with Crippen LogP contribution in [0.25, 0.3) is 22.6 Å². The van der Waals surface area contributed by atoms with Crippen molar-refractivity contribution in [3.8, 4) is 34.1 Å². The highest BCUT2D eigenvalue weighted by Crippen LogP contribution is 2.32. The van der Waals surface area contributed by atoms with E-state index in [0.717, 1.165) is 33.7 Å². The van der Waals surface area contributed by atoms with Crippen molar-refractivity contribution in [1.29, 1.82) is 0 Å². The topological polar surface area (TPSA) is 87.9 Å². The fourth-order valence-electron chi connectivity index (χ4n) is 4.18. The molecule has 1 unspecified atom stereocenters. The van der Waals surface area contributed by atoms with Crippen LogP contribution in [0.1, 0.15) is 17.0 Å². The van der Waals surface area contributed by atoms with Crippen molar-refractivity contribution in [2.75, 3.05) is 13.7 Å². The molecule has 1 aromatic heterocycles. The lowest BCUT2D eigenvalue weighted by atomic mass is 9.96. The number of aromatic nitrogens is 1. The third-order valence-corrected chi connectivity index (χ3v) is 6.18. The van der Waals surface area contributed by atoms with Crippen LogP contribution in [0.2, 0.25) is 0 Å². The summed E-state index contributed by atoms with van der Waals surface area (Å²) in [5.74, 6) is 0.132. The Balaban J connectivity index is 1.21. The molecule has 0 aliphatic carbocycles. The minimum atomic E-state index is -0.937. The normalized spacial score (nSPS) is 14.6. The largest absolute Gasteiger partial charge is 0.493 e. The maximum absolute atomic E-state index is 12.1. The van der Waals surface area contributed by atoms with E-state index in [2.05, 4.69) is 34.0 Å². The lowest BCUT2D eigenvalue weighted by Crippen LogP contribution is -2.34. The van der Waals surface area contributed by atoms with Crippen molar-refractivity contribution in [3.05, 3.63) is 89.8 Å². The SMILES string of the molecule is COC(=O)C1Cc2ccc(OCCc3nc(-c4ccc(-c5ccccc5)cc4)oc3C)cc2OC1=O. The van der Waals surface area contributed by atoms with Gasteiger partial charge >= 0.3 is 11.9 Å². The maximum Gasteiger partial charge on any atom is 0.326 e. The summed E-state index contributed by atoms with van der Waals surface area (Å²) in [6, 6.07) is 23.6. The van der Waals surface area contributed by atoms with E-state index in [-0.39, 0.29) is 6.42 Å². The predicted octanol–water partition coefficient (Wildman–Crippen LogP) is 5.19. The summed E-state index contributed by atoms with van der Waals surface area (Å²) in [6.45, 7) is 2.26. The highest BCUT2D eigenvalue weighted by atomic mass is 16.6. The lowest BCUT2D eigenvalue weighted by molar-refractivity contribution is -0.156. The molecule has 182 valence electrons. The summed E-state index contributed by atoms with van der Waals surface area (Å²) in [7, 11) is 1.25. The molecule has 0 saturated heterocycles. The molecule has 7 heteroatoms. The average Bonchev–Trinajstić information content (AvgIpc) is 3.28. The standard InChI is InChI=1S/C29H25NO6/c1-18-25(30-27(35-18)21-10-8-20(9-11-21)19-6-4-3-5-7-19)14-15-34-23-13-12-22-16-24(28(31)33-2)29(32)36-26(22)17-23/h3-13,17,24H,14-16H2,1-2H3. The van der Waals surface area contributed by atoms with Crippen LogP contribution in [0, 0.1) is 12.8 Å². The van der Waals surface area contributed by atoms with E-state index in [1.165, 1.54) is 7.11 Å². The zero-order chi connectivity index (χ0) is 25.1. The van der Waals surface area contributed by atoms with Gasteiger partial charge in [0.05, 0.1) is 19.4 Å². The van der Waals surface area contributed by atoms with Crippen molar-refractivity contribution in [2.45, 2.75) is 19.8 Å². The Kier molecular flexibility index (Phi) is 6.54. The summed E-state index contributed by atoms with van der Waals surface area (Å²) < 4.78 is 21.8. The molecule has 4 aromatic rings. The Morgan fingerprint density at radius 1 is 1.00 bits per heavy atom. The second-order valence-electron chi connectivity index (χ2n) is 8.53. The van der Waals surface area contributed by atoms with Gasteiger partial charge in [-0.2, -0.15) is 0 Å². The fraction of sp³-hybridized carbons (Fsp3) is 0.207. The van der Waals surface area contributed by atoms with Gasteiger partial charge in [0, 0.05) is 24.5 Å². The van der Waals surface area contributed by atoms with Crippen LogP contribution in [0.3, 0.4) is 0 Å². The van der Waals surface area contributed by atoms with E-state index < -0.39 is 17.9 Å². The molecule has 0 bridgehead atoms. The van der Waals surface area contributed by atoms with Crippen LogP contribution in [-0.2, 0) is 27.2 Å². The van der Waals surface area contributed by atoms with Crippen LogP contribution in [0.15, 0.2) is 77.2 Å². The van der Waals surface area contributed by atoms with Gasteiger partial charge in [0.15, 0.2) is 5.92 Å². The van der Waals surface area contributed by atoms with E-state index in [1.807, 2.05) is 37.3 Å². The number of aryl methyl sites for hydroxylation is 1. The summed E-state index contributed by atoms with van der Waals surface area (Å²) in [6.07, 6.45) is 0.799. The number of fused-ring (bicyclic) bond motifs is 1. The Labute approximate surface area is 208 Å². The van der Waals surface area contributed by atoms with Gasteiger partial charge in [0.25, 0.3) is 0 Å². The molecule has 1 atom stereocenters. The monoisotopic (exact) mass is 483 g/mol. The summed E-state index contributed by atoms with van der Waals surface area (Å²) in [4.78, 5) is 28.6. The quantitative estimate of drug-likeness (QED) is 0.203. The van der Waals surface area contributed by atoms with Crippen LogP contribution >= 0.6 is 0 Å². The first kappa shape index (κ1) is 23.4. The number of nitrogens with zero attached hydrogens (tertiary/aromatic N) is 1. The summed E-state index contributed by atoms with van der Waals surface area (Å²) in [5, 5.41) is 0. The van der Waals surface area contributed by atoms with Crippen LogP contribution in [-0.4, -0.2) is 30.6 Å². The Morgan fingerprint density at radius 2 is 1.72 bits per heavy atom. The van der Waals surface area contributed by atoms with Gasteiger partial charge < -0.3 is 18.6 Å². The van der Waals surface area contributed by atoms with Crippen LogP contribution in [0.5, 0.6) is 11.5 Å². The number of carbonyl (C=O) groups is 2. The molecular formula is C29H25NO6. The molecule has 0 amide bonds. The summed E-state index contributed by atoms with van der Waals surface area (Å²) in [5.41, 5.74) is 4.78. The van der Waals surface area contributed by atoms with Crippen LogP contribution < -0.4 is 9.47 Å². The highest BCUT2D eigenvalue weighted by Gasteiger charge is 2.35. The number of oxazole rings is 1. The molecule has 0 fully saturated rings. The van der Waals surface area contributed by atoms with Gasteiger partial charge in [-0.1, -0.05) is 48.5 Å². The molecule has 2 heterocycles. The third kappa shape index (κ3) is 4.86. The molecule has 5 rings (SSSR count). The van der Waals surface area contributed by atoms with E-state index >= 15 is 0 Å². The molecule has 1 aliphatic rings. The molecule has 1 aliphatic heterocycles. The van der Waals surface area contributed by atoms with E-state index in [1.54, 1.807) is 18.2 Å². The second kappa shape index (κ2) is 10.1. The Bertz CT molecular complexity index is 1390. The minimum Gasteiger partial charge on any atom is -0.493 e. The third-order valence-electron chi connectivity index (χ3n) is 6.18. The average molecular weight is 484 g/mol. The van der Waals surface area contributed by atoms with E-state index in [4.69, 9.17) is 13.9 Å².